The monoisotopic (exact) mass is 241 g/mol. The molecule has 1 aliphatic heterocycles. The van der Waals surface area contributed by atoms with Gasteiger partial charge in [-0.3, -0.25) is 14.3 Å². The van der Waals surface area contributed by atoms with E-state index in [4.69, 9.17) is 10.5 Å². The summed E-state index contributed by atoms with van der Waals surface area (Å²) in [5.74, 6) is 0. The SMILES string of the molecule is Cc1cn([C@H]2C[C@H](O)[C@H](CN)O2)c(=O)[nH]c1=O. The van der Waals surface area contributed by atoms with Crippen LogP contribution in [0.5, 0.6) is 0 Å². The Hall–Kier alpha value is -1.44. The van der Waals surface area contributed by atoms with E-state index in [1.807, 2.05) is 0 Å². The second-order valence-corrected chi connectivity index (χ2v) is 4.15. The first-order chi connectivity index (χ1) is 8.02. The zero-order valence-corrected chi connectivity index (χ0v) is 9.42. The number of aromatic nitrogens is 2. The van der Waals surface area contributed by atoms with Crippen molar-refractivity contribution >= 4 is 0 Å². The minimum atomic E-state index is -0.691. The predicted octanol–water partition coefficient (Wildman–Crippen LogP) is -1.55. The van der Waals surface area contributed by atoms with Crippen LogP contribution in [0.15, 0.2) is 15.8 Å². The zero-order valence-electron chi connectivity index (χ0n) is 9.42. The number of ether oxygens (including phenoxy) is 1. The van der Waals surface area contributed by atoms with E-state index in [0.29, 0.717) is 5.56 Å². The molecule has 4 N–H and O–H groups in total. The van der Waals surface area contributed by atoms with Crippen LogP contribution in [0.4, 0.5) is 0 Å². The molecule has 1 aromatic heterocycles. The molecule has 7 nitrogen and oxygen atoms in total. The van der Waals surface area contributed by atoms with Crippen molar-refractivity contribution in [1.82, 2.24) is 9.55 Å². The van der Waals surface area contributed by atoms with Crippen molar-refractivity contribution in [2.24, 2.45) is 5.73 Å². The Kier molecular flexibility index (Phi) is 3.14. The van der Waals surface area contributed by atoms with Crippen molar-refractivity contribution in [2.75, 3.05) is 6.54 Å². The van der Waals surface area contributed by atoms with E-state index in [0.717, 1.165) is 0 Å². The van der Waals surface area contributed by atoms with Gasteiger partial charge in [-0.1, -0.05) is 0 Å². The number of aromatic amines is 1. The van der Waals surface area contributed by atoms with Crippen molar-refractivity contribution in [3.8, 4) is 0 Å². The summed E-state index contributed by atoms with van der Waals surface area (Å²) >= 11 is 0. The fraction of sp³-hybridized carbons (Fsp3) is 0.600. The molecule has 0 bridgehead atoms. The predicted molar refractivity (Wildman–Crippen MR) is 59.6 cm³/mol. The second kappa shape index (κ2) is 4.44. The third kappa shape index (κ3) is 2.17. The average Bonchev–Trinajstić information content (AvgIpc) is 2.65. The van der Waals surface area contributed by atoms with Gasteiger partial charge >= 0.3 is 5.69 Å². The lowest BCUT2D eigenvalue weighted by atomic mass is 10.2. The van der Waals surface area contributed by atoms with E-state index in [1.54, 1.807) is 6.92 Å². The number of hydrogen-bond donors (Lipinski definition) is 3. The Morgan fingerprint density at radius 2 is 2.35 bits per heavy atom. The first-order valence-corrected chi connectivity index (χ1v) is 5.38. The van der Waals surface area contributed by atoms with Crippen LogP contribution >= 0.6 is 0 Å². The Labute approximate surface area is 96.8 Å². The van der Waals surface area contributed by atoms with Crippen LogP contribution in [0.25, 0.3) is 0 Å². The maximum absolute atomic E-state index is 11.6. The fourth-order valence-corrected chi connectivity index (χ4v) is 1.90. The highest BCUT2D eigenvalue weighted by molar-refractivity contribution is 5.02. The highest BCUT2D eigenvalue weighted by atomic mass is 16.5. The average molecular weight is 241 g/mol. The summed E-state index contributed by atoms with van der Waals surface area (Å²) in [6.45, 7) is 1.79. The van der Waals surface area contributed by atoms with E-state index >= 15 is 0 Å². The molecule has 1 aliphatic rings. The second-order valence-electron chi connectivity index (χ2n) is 4.15. The van der Waals surface area contributed by atoms with Gasteiger partial charge in [0.2, 0.25) is 0 Å². The number of H-pyrrole nitrogens is 1. The number of aryl methyl sites for hydroxylation is 1. The molecule has 0 aromatic carbocycles. The minimum Gasteiger partial charge on any atom is -0.390 e. The molecule has 1 aromatic rings. The molecule has 0 amide bonds. The van der Waals surface area contributed by atoms with Crippen molar-refractivity contribution in [3.05, 3.63) is 32.6 Å². The summed E-state index contributed by atoms with van der Waals surface area (Å²) in [6.07, 6.45) is -0.0325. The third-order valence-corrected chi connectivity index (χ3v) is 2.89. The Bertz CT molecular complexity index is 521. The quantitative estimate of drug-likeness (QED) is 0.580. The molecule has 94 valence electrons. The van der Waals surface area contributed by atoms with Gasteiger partial charge < -0.3 is 15.6 Å². The lowest BCUT2D eigenvalue weighted by molar-refractivity contribution is -0.0152. The van der Waals surface area contributed by atoms with E-state index in [2.05, 4.69) is 4.98 Å². The smallest absolute Gasteiger partial charge is 0.330 e. The molecular weight excluding hydrogens is 226 g/mol. The first-order valence-electron chi connectivity index (χ1n) is 5.38. The molecule has 2 rings (SSSR count). The van der Waals surface area contributed by atoms with Crippen LogP contribution in [0.3, 0.4) is 0 Å². The lowest BCUT2D eigenvalue weighted by Gasteiger charge is -2.14. The number of hydrogen-bond acceptors (Lipinski definition) is 5. The maximum atomic E-state index is 11.6. The van der Waals surface area contributed by atoms with Crippen molar-refractivity contribution < 1.29 is 9.84 Å². The molecular formula is C10H15N3O4. The van der Waals surface area contributed by atoms with E-state index in [9.17, 15) is 14.7 Å². The third-order valence-electron chi connectivity index (χ3n) is 2.89. The van der Waals surface area contributed by atoms with Crippen molar-refractivity contribution in [3.63, 3.8) is 0 Å². The lowest BCUT2D eigenvalue weighted by Crippen LogP contribution is -2.33. The molecule has 0 unspecified atom stereocenters. The highest BCUT2D eigenvalue weighted by Gasteiger charge is 2.34. The van der Waals surface area contributed by atoms with Crippen LogP contribution in [0.1, 0.15) is 18.2 Å². The van der Waals surface area contributed by atoms with Crippen LogP contribution < -0.4 is 17.0 Å². The van der Waals surface area contributed by atoms with Gasteiger partial charge in [0.05, 0.1) is 12.2 Å². The van der Waals surface area contributed by atoms with Gasteiger partial charge in [-0.05, 0) is 6.92 Å². The number of nitrogens with zero attached hydrogens (tertiary/aromatic N) is 1. The minimum absolute atomic E-state index is 0.189. The van der Waals surface area contributed by atoms with Gasteiger partial charge in [0.25, 0.3) is 5.56 Å². The van der Waals surface area contributed by atoms with Gasteiger partial charge in [-0.15, -0.1) is 0 Å². The Balaban J connectivity index is 2.34. The number of nitrogens with two attached hydrogens (primary N) is 1. The normalized spacial score (nSPS) is 28.5. The van der Waals surface area contributed by atoms with Crippen molar-refractivity contribution in [1.29, 1.82) is 0 Å². The molecule has 3 atom stereocenters. The first kappa shape index (κ1) is 12.0. The van der Waals surface area contributed by atoms with Crippen LogP contribution in [0.2, 0.25) is 0 Å². The molecule has 0 spiro atoms. The van der Waals surface area contributed by atoms with E-state index < -0.39 is 29.7 Å². The van der Waals surface area contributed by atoms with Crippen LogP contribution in [-0.2, 0) is 4.74 Å². The number of aliphatic hydroxyl groups is 1. The topological polar surface area (TPSA) is 110 Å². The fourth-order valence-electron chi connectivity index (χ4n) is 1.90. The molecule has 2 heterocycles. The summed E-state index contributed by atoms with van der Waals surface area (Å²) in [7, 11) is 0. The largest absolute Gasteiger partial charge is 0.390 e. The molecule has 1 fully saturated rings. The van der Waals surface area contributed by atoms with E-state index in [1.165, 1.54) is 10.8 Å². The van der Waals surface area contributed by atoms with Crippen molar-refractivity contribution in [2.45, 2.75) is 31.8 Å². The van der Waals surface area contributed by atoms with Gasteiger partial charge in [-0.25, -0.2) is 4.79 Å². The van der Waals surface area contributed by atoms with Gasteiger partial charge in [-0.2, -0.15) is 0 Å². The summed E-state index contributed by atoms with van der Waals surface area (Å²) in [6, 6.07) is 0. The molecule has 17 heavy (non-hydrogen) atoms. The van der Waals surface area contributed by atoms with Crippen LogP contribution in [-0.4, -0.2) is 33.4 Å². The summed E-state index contributed by atoms with van der Waals surface area (Å²) in [5.41, 5.74) is 4.88. The van der Waals surface area contributed by atoms with Gasteiger partial charge in [0.1, 0.15) is 6.23 Å². The summed E-state index contributed by atoms with van der Waals surface area (Å²) in [4.78, 5) is 25.0. The Morgan fingerprint density at radius 1 is 1.65 bits per heavy atom. The molecule has 1 saturated heterocycles. The standard InChI is InChI=1S/C10H15N3O4/c1-5-4-13(10(16)12-9(5)15)8-2-6(14)7(3-11)17-8/h4,6-8,14H,2-3,11H2,1H3,(H,12,15,16)/t6-,7-,8+/m0/s1. The highest BCUT2D eigenvalue weighted by Crippen LogP contribution is 2.26. The molecule has 7 heteroatoms. The zero-order chi connectivity index (χ0) is 12.6. The van der Waals surface area contributed by atoms with E-state index in [-0.39, 0.29) is 13.0 Å². The number of aliphatic hydroxyl groups excluding tert-OH is 1. The molecule has 0 aliphatic carbocycles. The van der Waals surface area contributed by atoms with Gasteiger partial charge in [0, 0.05) is 24.7 Å². The number of rotatable bonds is 2. The summed E-state index contributed by atoms with van der Waals surface area (Å²) in [5, 5.41) is 9.64. The molecule has 0 radical (unpaired) electrons. The van der Waals surface area contributed by atoms with Gasteiger partial charge in [0.15, 0.2) is 0 Å². The summed E-state index contributed by atoms with van der Waals surface area (Å²) < 4.78 is 6.72. The number of nitrogens with one attached hydrogen (secondary N) is 1. The Morgan fingerprint density at radius 3 is 2.94 bits per heavy atom. The molecule has 0 saturated carbocycles. The van der Waals surface area contributed by atoms with Crippen LogP contribution in [0, 0.1) is 6.92 Å². The maximum Gasteiger partial charge on any atom is 0.330 e.